The van der Waals surface area contributed by atoms with E-state index in [4.69, 9.17) is 4.74 Å². The van der Waals surface area contributed by atoms with Crippen LogP contribution in [0.25, 0.3) is 16.4 Å². The van der Waals surface area contributed by atoms with Gasteiger partial charge >= 0.3 is 0 Å². The van der Waals surface area contributed by atoms with E-state index in [0.29, 0.717) is 11.7 Å². The van der Waals surface area contributed by atoms with Crippen molar-refractivity contribution in [3.8, 4) is 28.0 Å². The molecule has 0 radical (unpaired) electrons. The molecule has 0 atom stereocenters. The van der Waals surface area contributed by atoms with E-state index in [-0.39, 0.29) is 0 Å². The topological polar surface area (TPSA) is 52.8 Å². The molecule has 0 aliphatic carbocycles. The molecule has 0 amide bonds. The Labute approximate surface area is 143 Å². The van der Waals surface area contributed by atoms with E-state index in [0.717, 1.165) is 22.0 Å². The molecule has 6 heteroatoms. The molecule has 0 fully saturated rings. The summed E-state index contributed by atoms with van der Waals surface area (Å²) in [5.74, 6) is 1.94. The number of aryl methyl sites for hydroxylation is 1. The van der Waals surface area contributed by atoms with Gasteiger partial charge in [-0.05, 0) is 30.5 Å². The van der Waals surface area contributed by atoms with Gasteiger partial charge in [-0.1, -0.05) is 12.1 Å². The van der Waals surface area contributed by atoms with Gasteiger partial charge in [0.1, 0.15) is 5.75 Å². The zero-order valence-corrected chi connectivity index (χ0v) is 13.8. The third-order valence-electron chi connectivity index (χ3n) is 3.41. The summed E-state index contributed by atoms with van der Waals surface area (Å²) in [4.78, 5) is 14.1. The summed E-state index contributed by atoms with van der Waals surface area (Å²) in [5.41, 5.74) is 1.85. The number of hydrogen-bond donors (Lipinski definition) is 0. The Balaban J connectivity index is 1.65. The van der Waals surface area contributed by atoms with Crippen LogP contribution in [0.2, 0.25) is 0 Å². The lowest BCUT2D eigenvalue weighted by Gasteiger charge is -2.09. The predicted octanol–water partition coefficient (Wildman–Crippen LogP) is 4.49. The van der Waals surface area contributed by atoms with Gasteiger partial charge in [0, 0.05) is 30.2 Å². The molecule has 1 aromatic carbocycles. The zero-order valence-electron chi connectivity index (χ0n) is 13.0. The average Bonchev–Trinajstić information content (AvgIpc) is 3.28. The number of ether oxygens (including phenoxy) is 1. The minimum Gasteiger partial charge on any atom is -0.439 e. The number of aromatic nitrogens is 4. The number of hydrogen-bond acceptors (Lipinski definition) is 5. The van der Waals surface area contributed by atoms with Crippen molar-refractivity contribution in [3.63, 3.8) is 0 Å². The maximum Gasteiger partial charge on any atom is 0.223 e. The van der Waals surface area contributed by atoms with E-state index in [1.165, 1.54) is 0 Å². The van der Waals surface area contributed by atoms with Crippen LogP contribution in [0.1, 0.15) is 5.69 Å². The second-order valence-electron chi connectivity index (χ2n) is 5.22. The van der Waals surface area contributed by atoms with Gasteiger partial charge in [-0.25, -0.2) is 9.97 Å². The molecule has 24 heavy (non-hydrogen) atoms. The minimum absolute atomic E-state index is 0.536. The predicted molar refractivity (Wildman–Crippen MR) is 93.7 cm³/mol. The van der Waals surface area contributed by atoms with Crippen molar-refractivity contribution >= 4 is 11.3 Å². The van der Waals surface area contributed by atoms with Crippen molar-refractivity contribution in [2.45, 2.75) is 6.92 Å². The summed E-state index contributed by atoms with van der Waals surface area (Å²) >= 11 is 1.61. The molecular weight excluding hydrogens is 320 g/mol. The van der Waals surface area contributed by atoms with E-state index in [1.54, 1.807) is 23.9 Å². The summed E-state index contributed by atoms with van der Waals surface area (Å²) in [5, 5.41) is 2.01. The van der Waals surface area contributed by atoms with Gasteiger partial charge in [-0.2, -0.15) is 4.98 Å². The molecule has 0 N–H and O–H groups in total. The Morgan fingerprint density at radius 2 is 2.04 bits per heavy atom. The van der Waals surface area contributed by atoms with Gasteiger partial charge in [0.15, 0.2) is 5.82 Å². The average molecular weight is 334 g/mol. The first-order valence-corrected chi connectivity index (χ1v) is 8.32. The van der Waals surface area contributed by atoms with E-state index >= 15 is 0 Å². The zero-order chi connectivity index (χ0) is 16.4. The van der Waals surface area contributed by atoms with Crippen molar-refractivity contribution in [2.24, 2.45) is 0 Å². The molecule has 3 heterocycles. The number of thiophene rings is 1. The van der Waals surface area contributed by atoms with E-state index < -0.39 is 0 Å². The molecule has 118 valence electrons. The molecule has 0 saturated heterocycles. The maximum absolute atomic E-state index is 5.96. The van der Waals surface area contributed by atoms with Crippen LogP contribution in [-0.2, 0) is 0 Å². The van der Waals surface area contributed by atoms with Crippen LogP contribution in [0, 0.1) is 6.92 Å². The fourth-order valence-electron chi connectivity index (χ4n) is 2.35. The van der Waals surface area contributed by atoms with E-state index in [9.17, 15) is 0 Å². The van der Waals surface area contributed by atoms with Gasteiger partial charge in [0.2, 0.25) is 5.88 Å². The first kappa shape index (κ1) is 14.6. The Kier molecular flexibility index (Phi) is 3.80. The van der Waals surface area contributed by atoms with Crippen molar-refractivity contribution in [1.82, 2.24) is 19.5 Å². The lowest BCUT2D eigenvalue weighted by atomic mass is 10.3. The fourth-order valence-corrected chi connectivity index (χ4v) is 3.01. The van der Waals surface area contributed by atoms with Crippen LogP contribution in [0.4, 0.5) is 0 Å². The molecule has 4 rings (SSSR count). The van der Waals surface area contributed by atoms with Crippen LogP contribution < -0.4 is 4.74 Å². The monoisotopic (exact) mass is 334 g/mol. The Morgan fingerprint density at radius 3 is 2.83 bits per heavy atom. The first-order chi connectivity index (χ1) is 11.8. The highest BCUT2D eigenvalue weighted by atomic mass is 32.1. The van der Waals surface area contributed by atoms with Crippen LogP contribution in [-0.4, -0.2) is 19.5 Å². The lowest BCUT2D eigenvalue weighted by Crippen LogP contribution is -1.96. The van der Waals surface area contributed by atoms with Gasteiger partial charge < -0.3 is 9.30 Å². The smallest absolute Gasteiger partial charge is 0.223 e. The van der Waals surface area contributed by atoms with Crippen molar-refractivity contribution in [1.29, 1.82) is 0 Å². The summed E-state index contributed by atoms with van der Waals surface area (Å²) in [6.45, 7) is 1.94. The molecule has 3 aromatic heterocycles. The molecule has 5 nitrogen and oxygen atoms in total. The van der Waals surface area contributed by atoms with E-state index in [1.807, 2.05) is 65.5 Å². The Hall–Kier alpha value is -2.99. The second kappa shape index (κ2) is 6.25. The van der Waals surface area contributed by atoms with Crippen molar-refractivity contribution in [3.05, 3.63) is 72.3 Å². The van der Waals surface area contributed by atoms with E-state index in [2.05, 4.69) is 15.0 Å². The lowest BCUT2D eigenvalue weighted by molar-refractivity contribution is 0.461. The highest BCUT2D eigenvalue weighted by Gasteiger charge is 2.08. The molecule has 0 unspecified atom stereocenters. The molecular formula is C18H14N4OS. The number of nitrogens with zero attached hydrogens (tertiary/aromatic N) is 4. The SMILES string of the molecule is Cc1cc(Oc2cccc(-n3ccnc3)c2)nc(-c2cccs2)n1. The maximum atomic E-state index is 5.96. The van der Waals surface area contributed by atoms with Crippen LogP contribution >= 0.6 is 11.3 Å². The van der Waals surface area contributed by atoms with Crippen LogP contribution in [0.5, 0.6) is 11.6 Å². The summed E-state index contributed by atoms with van der Waals surface area (Å²) in [6.07, 6.45) is 5.39. The van der Waals surface area contributed by atoms with Crippen LogP contribution in [0.15, 0.2) is 66.6 Å². The molecule has 4 aromatic rings. The quantitative estimate of drug-likeness (QED) is 0.552. The first-order valence-electron chi connectivity index (χ1n) is 7.44. The highest BCUT2D eigenvalue weighted by Crippen LogP contribution is 2.27. The fraction of sp³-hybridized carbons (Fsp3) is 0.0556. The third-order valence-corrected chi connectivity index (χ3v) is 4.28. The normalized spacial score (nSPS) is 10.7. The summed E-state index contributed by atoms with van der Waals surface area (Å²) in [6, 6.07) is 13.6. The number of rotatable bonds is 4. The largest absolute Gasteiger partial charge is 0.439 e. The number of imidazole rings is 1. The molecule has 0 bridgehead atoms. The van der Waals surface area contributed by atoms with Crippen LogP contribution in [0.3, 0.4) is 0 Å². The third kappa shape index (κ3) is 3.04. The second-order valence-corrected chi connectivity index (χ2v) is 6.17. The van der Waals surface area contributed by atoms with Crippen molar-refractivity contribution in [2.75, 3.05) is 0 Å². The molecule has 0 spiro atoms. The highest BCUT2D eigenvalue weighted by molar-refractivity contribution is 7.13. The Bertz CT molecular complexity index is 949. The van der Waals surface area contributed by atoms with Gasteiger partial charge in [-0.15, -0.1) is 11.3 Å². The minimum atomic E-state index is 0.536. The van der Waals surface area contributed by atoms with Gasteiger partial charge in [0.05, 0.1) is 16.9 Å². The van der Waals surface area contributed by atoms with Gasteiger partial charge in [0.25, 0.3) is 0 Å². The number of benzene rings is 1. The Morgan fingerprint density at radius 1 is 1.08 bits per heavy atom. The van der Waals surface area contributed by atoms with Crippen molar-refractivity contribution < 1.29 is 4.74 Å². The standard InChI is InChI=1S/C18H14N4OS/c1-13-10-17(21-18(20-13)16-6-3-9-24-16)23-15-5-2-4-14(11-15)22-8-7-19-12-22/h2-12H,1H3. The van der Waals surface area contributed by atoms with Gasteiger partial charge in [-0.3, -0.25) is 0 Å². The molecule has 0 aliphatic heterocycles. The molecule has 0 saturated carbocycles. The molecule has 0 aliphatic rings. The summed E-state index contributed by atoms with van der Waals surface area (Å²) < 4.78 is 7.88. The summed E-state index contributed by atoms with van der Waals surface area (Å²) in [7, 11) is 0.